The molecule has 300 valence electrons. The number of benzene rings is 11. The van der Waals surface area contributed by atoms with Crippen LogP contribution in [0.4, 0.5) is 17.1 Å². The number of hydrogen-bond acceptors (Lipinski definition) is 2. The summed E-state index contributed by atoms with van der Waals surface area (Å²) in [6, 6.07) is 89.7. The van der Waals surface area contributed by atoms with Crippen LogP contribution in [0.3, 0.4) is 0 Å². The second kappa shape index (κ2) is 15.8. The van der Waals surface area contributed by atoms with E-state index in [0.717, 1.165) is 61.3 Å². The third kappa shape index (κ3) is 6.88. The topological polar surface area (TPSA) is 16.4 Å². The SMILES string of the molecule is c1cc(-c2ccc(-c3cccc(N(c4ccc(-c5ccc6ccccc6c5)cc4)c4ccc(-c5cccc6c5oc5ccccc56)cc4)c3)cc2)cc(-c2ccc3ccccc3c2)c1. The zero-order chi connectivity index (χ0) is 42.4. The third-order valence-electron chi connectivity index (χ3n) is 12.7. The van der Waals surface area contributed by atoms with E-state index < -0.39 is 0 Å². The first-order chi connectivity index (χ1) is 31.7. The summed E-state index contributed by atoms with van der Waals surface area (Å²) in [7, 11) is 0. The lowest BCUT2D eigenvalue weighted by Crippen LogP contribution is -2.10. The highest BCUT2D eigenvalue weighted by molar-refractivity contribution is 6.09. The highest BCUT2D eigenvalue weighted by atomic mass is 16.3. The van der Waals surface area contributed by atoms with Gasteiger partial charge in [0.25, 0.3) is 0 Å². The van der Waals surface area contributed by atoms with Crippen LogP contribution in [0.25, 0.3) is 99.1 Å². The highest BCUT2D eigenvalue weighted by Gasteiger charge is 2.17. The van der Waals surface area contributed by atoms with Gasteiger partial charge in [-0.3, -0.25) is 0 Å². The molecule has 0 aliphatic rings. The molecular weight excluding hydrogens is 775 g/mol. The van der Waals surface area contributed by atoms with E-state index in [1.54, 1.807) is 0 Å². The zero-order valence-electron chi connectivity index (χ0n) is 35.0. The van der Waals surface area contributed by atoms with Gasteiger partial charge in [-0.25, -0.2) is 0 Å². The molecule has 0 unspecified atom stereocenters. The quantitative estimate of drug-likeness (QED) is 0.152. The van der Waals surface area contributed by atoms with Crippen molar-refractivity contribution in [1.82, 2.24) is 0 Å². The van der Waals surface area contributed by atoms with E-state index in [9.17, 15) is 0 Å². The molecule has 12 aromatic rings. The van der Waals surface area contributed by atoms with Crippen molar-refractivity contribution in [2.75, 3.05) is 4.90 Å². The minimum Gasteiger partial charge on any atom is -0.455 e. The van der Waals surface area contributed by atoms with Crippen LogP contribution in [0.5, 0.6) is 0 Å². The van der Waals surface area contributed by atoms with Crippen LogP contribution < -0.4 is 4.90 Å². The molecule has 0 amide bonds. The molecule has 0 saturated carbocycles. The molecule has 0 aliphatic heterocycles. The van der Waals surface area contributed by atoms with Gasteiger partial charge in [-0.15, -0.1) is 0 Å². The minimum absolute atomic E-state index is 0.903. The van der Waals surface area contributed by atoms with E-state index in [4.69, 9.17) is 4.42 Å². The first-order valence-electron chi connectivity index (χ1n) is 21.9. The van der Waals surface area contributed by atoms with E-state index in [0.29, 0.717) is 0 Å². The fourth-order valence-corrected chi connectivity index (χ4v) is 9.31. The Morgan fingerprint density at radius 2 is 0.688 bits per heavy atom. The number of para-hydroxylation sites is 2. The van der Waals surface area contributed by atoms with Gasteiger partial charge in [-0.2, -0.15) is 0 Å². The van der Waals surface area contributed by atoms with Crippen LogP contribution in [0.2, 0.25) is 0 Å². The Morgan fingerprint density at radius 1 is 0.250 bits per heavy atom. The Morgan fingerprint density at radius 3 is 1.33 bits per heavy atom. The molecule has 1 aromatic heterocycles. The number of hydrogen-bond donors (Lipinski definition) is 0. The maximum absolute atomic E-state index is 6.44. The van der Waals surface area contributed by atoms with E-state index in [2.05, 4.69) is 241 Å². The molecule has 2 nitrogen and oxygen atoms in total. The van der Waals surface area contributed by atoms with Crippen LogP contribution in [0, 0.1) is 0 Å². The summed E-state index contributed by atoms with van der Waals surface area (Å²) >= 11 is 0. The van der Waals surface area contributed by atoms with Gasteiger partial charge in [-0.1, -0.05) is 188 Å². The lowest BCUT2D eigenvalue weighted by Gasteiger charge is -2.26. The lowest BCUT2D eigenvalue weighted by molar-refractivity contribution is 0.670. The van der Waals surface area contributed by atoms with E-state index >= 15 is 0 Å². The molecular formula is C62H41NO. The summed E-state index contributed by atoms with van der Waals surface area (Å²) in [6.07, 6.45) is 0. The van der Waals surface area contributed by atoms with Crippen molar-refractivity contribution in [3.05, 3.63) is 249 Å². The van der Waals surface area contributed by atoms with E-state index in [1.807, 2.05) is 12.1 Å². The molecule has 1 heterocycles. The number of furan rings is 1. The van der Waals surface area contributed by atoms with Crippen LogP contribution in [-0.4, -0.2) is 0 Å². The first-order valence-corrected chi connectivity index (χ1v) is 21.9. The van der Waals surface area contributed by atoms with Gasteiger partial charge in [0.05, 0.1) is 0 Å². The van der Waals surface area contributed by atoms with Crippen molar-refractivity contribution in [2.24, 2.45) is 0 Å². The Balaban J connectivity index is 0.891. The van der Waals surface area contributed by atoms with Gasteiger partial charge < -0.3 is 9.32 Å². The molecule has 64 heavy (non-hydrogen) atoms. The van der Waals surface area contributed by atoms with E-state index in [-0.39, 0.29) is 0 Å². The average Bonchev–Trinajstić information content (AvgIpc) is 3.76. The Bertz CT molecular complexity index is 3650. The van der Waals surface area contributed by atoms with Crippen LogP contribution in [0.15, 0.2) is 253 Å². The van der Waals surface area contributed by atoms with Crippen molar-refractivity contribution >= 4 is 60.5 Å². The Kier molecular flexibility index (Phi) is 9.20. The molecule has 2 heteroatoms. The fraction of sp³-hybridized carbons (Fsp3) is 0. The first kappa shape index (κ1) is 37.3. The molecule has 0 atom stereocenters. The van der Waals surface area contributed by atoms with Gasteiger partial charge in [0.1, 0.15) is 11.2 Å². The van der Waals surface area contributed by atoms with Crippen LogP contribution in [0.1, 0.15) is 0 Å². The molecule has 0 N–H and O–H groups in total. The monoisotopic (exact) mass is 815 g/mol. The highest BCUT2D eigenvalue weighted by Crippen LogP contribution is 2.41. The lowest BCUT2D eigenvalue weighted by atomic mass is 9.96. The molecule has 0 bridgehead atoms. The second-order valence-corrected chi connectivity index (χ2v) is 16.5. The van der Waals surface area contributed by atoms with Gasteiger partial charge in [0, 0.05) is 33.4 Å². The van der Waals surface area contributed by atoms with Gasteiger partial charge >= 0.3 is 0 Å². The Labute approximate surface area is 372 Å². The number of fused-ring (bicyclic) bond motifs is 5. The van der Waals surface area contributed by atoms with E-state index in [1.165, 1.54) is 54.9 Å². The predicted octanol–water partition coefficient (Wildman–Crippen LogP) is 17.7. The number of rotatable bonds is 8. The zero-order valence-corrected chi connectivity index (χ0v) is 35.0. The maximum atomic E-state index is 6.44. The normalized spacial score (nSPS) is 11.4. The molecule has 0 fully saturated rings. The summed E-state index contributed by atoms with van der Waals surface area (Å²) < 4.78 is 6.44. The van der Waals surface area contributed by atoms with Crippen molar-refractivity contribution in [3.8, 4) is 55.6 Å². The fourth-order valence-electron chi connectivity index (χ4n) is 9.31. The van der Waals surface area contributed by atoms with Gasteiger partial charge in [0.2, 0.25) is 0 Å². The molecule has 0 radical (unpaired) electrons. The minimum atomic E-state index is 0.903. The summed E-state index contributed by atoms with van der Waals surface area (Å²) in [4.78, 5) is 2.35. The molecule has 0 aliphatic carbocycles. The van der Waals surface area contributed by atoms with Crippen molar-refractivity contribution in [2.45, 2.75) is 0 Å². The second-order valence-electron chi connectivity index (χ2n) is 16.5. The third-order valence-corrected chi connectivity index (χ3v) is 12.7. The van der Waals surface area contributed by atoms with Crippen molar-refractivity contribution < 1.29 is 4.42 Å². The predicted molar refractivity (Wildman–Crippen MR) is 271 cm³/mol. The molecule has 0 saturated heterocycles. The maximum Gasteiger partial charge on any atom is 0.143 e. The standard InChI is InChI=1S/C62H41NO/c1-3-12-48-39-53(28-26-42(48)10-1)46-30-34-55(35-31-46)63(56-36-32-47(33-37-56)58-19-9-20-60-59-18-5-6-21-61(59)64-62(58)60)57-17-8-16-52(41-57)45-24-22-44(23-25-45)50-14-7-15-51(38-50)54-29-27-43-11-2-4-13-49(43)40-54/h1-41H. The van der Waals surface area contributed by atoms with Gasteiger partial charge in [0.15, 0.2) is 0 Å². The Hall–Kier alpha value is -8.46. The van der Waals surface area contributed by atoms with Crippen molar-refractivity contribution in [1.29, 1.82) is 0 Å². The van der Waals surface area contributed by atoms with Gasteiger partial charge in [-0.05, 0) is 132 Å². The summed E-state index contributed by atoms with van der Waals surface area (Å²) in [5.74, 6) is 0. The summed E-state index contributed by atoms with van der Waals surface area (Å²) in [5, 5.41) is 7.26. The van der Waals surface area contributed by atoms with Crippen molar-refractivity contribution in [3.63, 3.8) is 0 Å². The van der Waals surface area contributed by atoms with Crippen LogP contribution in [-0.2, 0) is 0 Å². The average molecular weight is 816 g/mol. The molecule has 11 aromatic carbocycles. The van der Waals surface area contributed by atoms with Crippen LogP contribution >= 0.6 is 0 Å². The number of anilines is 3. The smallest absolute Gasteiger partial charge is 0.143 e. The molecule has 0 spiro atoms. The largest absolute Gasteiger partial charge is 0.455 e. The summed E-state index contributed by atoms with van der Waals surface area (Å²) in [5.41, 5.74) is 16.7. The summed E-state index contributed by atoms with van der Waals surface area (Å²) in [6.45, 7) is 0. The number of nitrogens with zero attached hydrogens (tertiary/aromatic N) is 1. The molecule has 12 rings (SSSR count).